The molecule has 2 aromatic heterocycles. The van der Waals surface area contributed by atoms with Crippen molar-refractivity contribution in [1.82, 2.24) is 15.2 Å². The van der Waals surface area contributed by atoms with Gasteiger partial charge in [0.1, 0.15) is 11.8 Å². The molecular weight excluding hydrogens is 446 g/mol. The van der Waals surface area contributed by atoms with Crippen LogP contribution in [0.25, 0.3) is 0 Å². The van der Waals surface area contributed by atoms with Crippen molar-refractivity contribution >= 4 is 23.2 Å². The first-order valence-electron chi connectivity index (χ1n) is 11.9. The molecule has 0 radical (unpaired) electrons. The average molecular weight is 478 g/mol. The van der Waals surface area contributed by atoms with Crippen molar-refractivity contribution < 1.29 is 14.3 Å². The van der Waals surface area contributed by atoms with Crippen LogP contribution in [0, 0.1) is 6.92 Å². The lowest BCUT2D eigenvalue weighted by Crippen LogP contribution is -2.48. The molecule has 1 fully saturated rings. The maximum atomic E-state index is 13.4. The topological polar surface area (TPSA) is 71.5 Å². The molecular formula is C27H31N3O3S. The van der Waals surface area contributed by atoms with Gasteiger partial charge < -0.3 is 15.0 Å². The van der Waals surface area contributed by atoms with Gasteiger partial charge in [-0.2, -0.15) is 0 Å². The summed E-state index contributed by atoms with van der Waals surface area (Å²) in [5.41, 5.74) is 2.18. The van der Waals surface area contributed by atoms with Gasteiger partial charge in [-0.1, -0.05) is 18.2 Å². The monoisotopic (exact) mass is 477 g/mol. The van der Waals surface area contributed by atoms with Crippen molar-refractivity contribution in [2.24, 2.45) is 0 Å². The number of nitrogens with zero attached hydrogens (tertiary/aromatic N) is 2. The van der Waals surface area contributed by atoms with Crippen LogP contribution in [0.5, 0.6) is 5.75 Å². The van der Waals surface area contributed by atoms with E-state index in [1.807, 2.05) is 55.6 Å². The minimum Gasteiger partial charge on any atom is -0.494 e. The molecule has 1 N–H and O–H groups in total. The number of aryl methyl sites for hydroxylation is 2. The van der Waals surface area contributed by atoms with Gasteiger partial charge in [0.25, 0.3) is 5.91 Å². The molecule has 3 aromatic rings. The number of ether oxygens (including phenoxy) is 1. The van der Waals surface area contributed by atoms with Crippen molar-refractivity contribution in [2.45, 2.75) is 51.6 Å². The summed E-state index contributed by atoms with van der Waals surface area (Å²) in [5, 5.41) is 2.97. The molecule has 34 heavy (non-hydrogen) atoms. The highest BCUT2D eigenvalue weighted by Crippen LogP contribution is 2.24. The first-order valence-corrected chi connectivity index (χ1v) is 12.7. The molecule has 0 bridgehead atoms. The third kappa shape index (κ3) is 6.44. The Morgan fingerprint density at radius 2 is 2.00 bits per heavy atom. The van der Waals surface area contributed by atoms with Crippen molar-refractivity contribution in [2.75, 3.05) is 13.2 Å². The Labute approximate surface area is 205 Å². The predicted molar refractivity (Wildman–Crippen MR) is 134 cm³/mol. The van der Waals surface area contributed by atoms with E-state index in [-0.39, 0.29) is 11.8 Å². The second kappa shape index (κ2) is 11.8. The summed E-state index contributed by atoms with van der Waals surface area (Å²) in [4.78, 5) is 33.8. The SMILES string of the molecule is Cc1ccc(C(=O)N(Cc2ccc(OCCCc3cccnc3)cc2)[C@H]2CCCCNC2=O)s1. The quantitative estimate of drug-likeness (QED) is 0.451. The fraction of sp³-hybridized carbons (Fsp3) is 0.370. The van der Waals surface area contributed by atoms with Gasteiger partial charge in [-0.05, 0) is 80.5 Å². The van der Waals surface area contributed by atoms with E-state index < -0.39 is 6.04 Å². The summed E-state index contributed by atoms with van der Waals surface area (Å²) in [6.45, 7) is 3.66. The summed E-state index contributed by atoms with van der Waals surface area (Å²) in [7, 11) is 0. The normalized spacial score (nSPS) is 15.9. The Balaban J connectivity index is 1.40. The smallest absolute Gasteiger partial charge is 0.264 e. The molecule has 7 heteroatoms. The lowest BCUT2D eigenvalue weighted by molar-refractivity contribution is -0.125. The van der Waals surface area contributed by atoms with E-state index in [1.54, 1.807) is 11.1 Å². The highest BCUT2D eigenvalue weighted by molar-refractivity contribution is 7.13. The van der Waals surface area contributed by atoms with Crippen LogP contribution < -0.4 is 10.1 Å². The minimum atomic E-state index is -0.458. The van der Waals surface area contributed by atoms with Crippen LogP contribution in [0.4, 0.5) is 0 Å². The van der Waals surface area contributed by atoms with Gasteiger partial charge in [-0.25, -0.2) is 0 Å². The zero-order chi connectivity index (χ0) is 23.8. The number of rotatable bonds is 9. The molecule has 4 rings (SSSR count). The van der Waals surface area contributed by atoms with Crippen LogP contribution in [0.15, 0.2) is 60.9 Å². The number of hydrogen-bond donors (Lipinski definition) is 1. The summed E-state index contributed by atoms with van der Waals surface area (Å²) < 4.78 is 5.89. The van der Waals surface area contributed by atoms with Gasteiger partial charge in [0.2, 0.25) is 5.91 Å². The molecule has 1 aliphatic rings. The Morgan fingerprint density at radius 1 is 1.15 bits per heavy atom. The van der Waals surface area contributed by atoms with Gasteiger partial charge in [-0.3, -0.25) is 14.6 Å². The number of pyridine rings is 1. The van der Waals surface area contributed by atoms with Crippen LogP contribution >= 0.6 is 11.3 Å². The van der Waals surface area contributed by atoms with Crippen LogP contribution in [-0.4, -0.2) is 40.9 Å². The number of amides is 2. The first-order chi connectivity index (χ1) is 16.6. The number of carbonyl (C=O) groups is 2. The van der Waals surface area contributed by atoms with E-state index in [4.69, 9.17) is 4.74 Å². The molecule has 2 amide bonds. The van der Waals surface area contributed by atoms with E-state index in [9.17, 15) is 9.59 Å². The lowest BCUT2D eigenvalue weighted by atomic mass is 10.1. The number of nitrogens with one attached hydrogen (secondary N) is 1. The molecule has 0 aliphatic carbocycles. The van der Waals surface area contributed by atoms with Crippen molar-refractivity contribution in [3.8, 4) is 5.75 Å². The zero-order valence-corrected chi connectivity index (χ0v) is 20.4. The zero-order valence-electron chi connectivity index (χ0n) is 19.5. The van der Waals surface area contributed by atoms with Crippen molar-refractivity contribution in [3.63, 3.8) is 0 Å². The van der Waals surface area contributed by atoms with Gasteiger partial charge >= 0.3 is 0 Å². The van der Waals surface area contributed by atoms with Gasteiger partial charge in [0.15, 0.2) is 0 Å². The van der Waals surface area contributed by atoms with E-state index in [0.29, 0.717) is 31.0 Å². The second-order valence-corrected chi connectivity index (χ2v) is 9.89. The standard InChI is InChI=1S/C27H31N3O3S/c1-20-9-14-25(34-20)27(32)30(24-8-2-3-16-29-26(24)31)19-22-10-12-23(13-11-22)33-17-5-7-21-6-4-15-28-18-21/h4,6,9-15,18,24H,2-3,5,7-8,16-17,19H2,1H3,(H,29,31)/t24-/m0/s1. The van der Waals surface area contributed by atoms with Gasteiger partial charge in [0, 0.05) is 30.4 Å². The predicted octanol–water partition coefficient (Wildman–Crippen LogP) is 4.77. The highest BCUT2D eigenvalue weighted by Gasteiger charge is 2.32. The highest BCUT2D eigenvalue weighted by atomic mass is 32.1. The molecule has 1 atom stereocenters. The third-order valence-corrected chi connectivity index (χ3v) is 6.96. The fourth-order valence-corrected chi connectivity index (χ4v) is 4.96. The Hall–Kier alpha value is -3.19. The molecule has 178 valence electrons. The van der Waals surface area contributed by atoms with Crippen molar-refractivity contribution in [3.05, 3.63) is 81.8 Å². The number of benzene rings is 1. The maximum absolute atomic E-state index is 13.4. The summed E-state index contributed by atoms with van der Waals surface area (Å²) in [6.07, 6.45) is 8.03. The lowest BCUT2D eigenvalue weighted by Gasteiger charge is -2.30. The number of thiophene rings is 1. The van der Waals surface area contributed by atoms with Gasteiger partial charge in [-0.15, -0.1) is 11.3 Å². The molecule has 0 unspecified atom stereocenters. The number of hydrogen-bond acceptors (Lipinski definition) is 5. The van der Waals surface area contributed by atoms with E-state index >= 15 is 0 Å². The number of carbonyl (C=O) groups excluding carboxylic acids is 2. The molecule has 1 aromatic carbocycles. The van der Waals surface area contributed by atoms with Crippen LogP contribution in [-0.2, 0) is 17.8 Å². The van der Waals surface area contributed by atoms with Crippen LogP contribution in [0.3, 0.4) is 0 Å². The van der Waals surface area contributed by atoms with Crippen LogP contribution in [0.2, 0.25) is 0 Å². The average Bonchev–Trinajstić information content (AvgIpc) is 3.18. The summed E-state index contributed by atoms with van der Waals surface area (Å²) >= 11 is 1.47. The summed E-state index contributed by atoms with van der Waals surface area (Å²) in [5.74, 6) is 0.650. The fourth-order valence-electron chi connectivity index (χ4n) is 4.14. The van der Waals surface area contributed by atoms with Crippen molar-refractivity contribution in [1.29, 1.82) is 0 Å². The largest absolute Gasteiger partial charge is 0.494 e. The minimum absolute atomic E-state index is 0.0623. The second-order valence-electron chi connectivity index (χ2n) is 8.60. The molecule has 6 nitrogen and oxygen atoms in total. The Kier molecular flexibility index (Phi) is 8.31. The van der Waals surface area contributed by atoms with E-state index in [0.717, 1.165) is 41.9 Å². The van der Waals surface area contributed by atoms with E-state index in [1.165, 1.54) is 16.9 Å². The molecule has 1 saturated heterocycles. The molecule has 1 aliphatic heterocycles. The third-order valence-electron chi connectivity index (χ3n) is 5.97. The summed E-state index contributed by atoms with van der Waals surface area (Å²) in [6, 6.07) is 15.2. The van der Waals surface area contributed by atoms with E-state index in [2.05, 4.69) is 16.4 Å². The molecule has 0 spiro atoms. The first kappa shape index (κ1) is 24.0. The molecule has 0 saturated carbocycles. The maximum Gasteiger partial charge on any atom is 0.264 e. The molecule has 3 heterocycles. The van der Waals surface area contributed by atoms with Crippen LogP contribution in [0.1, 0.15) is 51.4 Å². The Bertz CT molecular complexity index is 1080. The van der Waals surface area contributed by atoms with Gasteiger partial charge in [0.05, 0.1) is 11.5 Å². The number of aromatic nitrogens is 1. The Morgan fingerprint density at radius 3 is 2.74 bits per heavy atom.